The molecule has 0 aliphatic heterocycles. The summed E-state index contributed by atoms with van der Waals surface area (Å²) in [6, 6.07) is 8.14. The molecule has 0 saturated heterocycles. The Morgan fingerprint density at radius 2 is 1.92 bits per heavy atom. The largest absolute Gasteiger partial charge is 0.494 e. The van der Waals surface area contributed by atoms with Crippen LogP contribution in [0.5, 0.6) is 5.75 Å². The van der Waals surface area contributed by atoms with Crippen LogP contribution in [0.1, 0.15) is 24.2 Å². The number of halogens is 1. The molecule has 1 aromatic rings. The van der Waals surface area contributed by atoms with Crippen molar-refractivity contribution in [2.24, 2.45) is 0 Å². The van der Waals surface area contributed by atoms with E-state index in [-0.39, 0.29) is 0 Å². The molecule has 0 amide bonds. The van der Waals surface area contributed by atoms with Gasteiger partial charge in [0, 0.05) is 4.83 Å². The van der Waals surface area contributed by atoms with Gasteiger partial charge in [-0.05, 0) is 31.5 Å². The summed E-state index contributed by atoms with van der Waals surface area (Å²) in [6.45, 7) is 4.82. The van der Waals surface area contributed by atoms with E-state index < -0.39 is 0 Å². The molecule has 0 heterocycles. The predicted octanol–water partition coefficient (Wildman–Crippen LogP) is 3.54. The van der Waals surface area contributed by atoms with Crippen molar-refractivity contribution < 1.29 is 4.74 Å². The molecule has 66 valence electrons. The van der Waals surface area contributed by atoms with Gasteiger partial charge in [-0.3, -0.25) is 0 Å². The standard InChI is InChI=1S/C10H13BrO/c1-3-12-10-6-4-9(5-7-10)8(2)11/h4-8H,3H2,1-2H3/t8-/m0/s1. The van der Waals surface area contributed by atoms with Crippen LogP contribution in [0, 0.1) is 0 Å². The number of hydrogen-bond donors (Lipinski definition) is 0. The highest BCUT2D eigenvalue weighted by molar-refractivity contribution is 9.09. The molecule has 1 rings (SSSR count). The maximum Gasteiger partial charge on any atom is 0.119 e. The summed E-state index contributed by atoms with van der Waals surface area (Å²) in [7, 11) is 0. The molecular weight excluding hydrogens is 216 g/mol. The molecule has 0 bridgehead atoms. The van der Waals surface area contributed by atoms with Gasteiger partial charge in [-0.25, -0.2) is 0 Å². The summed E-state index contributed by atoms with van der Waals surface area (Å²) in [4.78, 5) is 0.410. The molecule has 0 fully saturated rings. The molecule has 1 atom stereocenters. The second-order valence-electron chi connectivity index (χ2n) is 2.62. The zero-order valence-corrected chi connectivity index (χ0v) is 8.97. The van der Waals surface area contributed by atoms with Crippen LogP contribution in [-0.4, -0.2) is 6.61 Å². The van der Waals surface area contributed by atoms with E-state index in [0.717, 1.165) is 12.4 Å². The Kier molecular flexibility index (Phi) is 3.60. The van der Waals surface area contributed by atoms with Gasteiger partial charge in [0.1, 0.15) is 5.75 Å². The maximum absolute atomic E-state index is 5.33. The quantitative estimate of drug-likeness (QED) is 0.720. The number of alkyl halides is 1. The first-order valence-electron chi connectivity index (χ1n) is 4.11. The van der Waals surface area contributed by atoms with Gasteiger partial charge < -0.3 is 4.74 Å². The fourth-order valence-electron chi connectivity index (χ4n) is 0.996. The van der Waals surface area contributed by atoms with Crippen molar-refractivity contribution in [2.45, 2.75) is 18.7 Å². The molecular formula is C10H13BrO. The zero-order chi connectivity index (χ0) is 8.97. The second-order valence-corrected chi connectivity index (χ2v) is 3.99. The smallest absolute Gasteiger partial charge is 0.119 e. The Morgan fingerprint density at radius 1 is 1.33 bits per heavy atom. The van der Waals surface area contributed by atoms with Crippen LogP contribution in [0.3, 0.4) is 0 Å². The van der Waals surface area contributed by atoms with E-state index in [4.69, 9.17) is 4.74 Å². The van der Waals surface area contributed by atoms with Crippen molar-refractivity contribution in [2.75, 3.05) is 6.61 Å². The lowest BCUT2D eigenvalue weighted by atomic mass is 10.2. The van der Waals surface area contributed by atoms with Crippen LogP contribution in [0.2, 0.25) is 0 Å². The van der Waals surface area contributed by atoms with Crippen molar-refractivity contribution in [3.05, 3.63) is 29.8 Å². The van der Waals surface area contributed by atoms with E-state index >= 15 is 0 Å². The molecule has 0 unspecified atom stereocenters. The van der Waals surface area contributed by atoms with Crippen LogP contribution in [0.4, 0.5) is 0 Å². The van der Waals surface area contributed by atoms with Gasteiger partial charge >= 0.3 is 0 Å². The van der Waals surface area contributed by atoms with Crippen molar-refractivity contribution in [1.29, 1.82) is 0 Å². The van der Waals surface area contributed by atoms with E-state index in [2.05, 4.69) is 35.0 Å². The van der Waals surface area contributed by atoms with Crippen LogP contribution < -0.4 is 4.74 Å². The summed E-state index contributed by atoms with van der Waals surface area (Å²) in [6.07, 6.45) is 0. The summed E-state index contributed by atoms with van der Waals surface area (Å²) < 4.78 is 5.33. The highest BCUT2D eigenvalue weighted by Gasteiger charge is 1.99. The fourth-order valence-corrected chi connectivity index (χ4v) is 1.30. The van der Waals surface area contributed by atoms with Crippen molar-refractivity contribution >= 4 is 15.9 Å². The number of rotatable bonds is 3. The third-order valence-corrected chi connectivity index (χ3v) is 2.18. The van der Waals surface area contributed by atoms with E-state index in [1.54, 1.807) is 0 Å². The van der Waals surface area contributed by atoms with Crippen LogP contribution in [-0.2, 0) is 0 Å². The van der Waals surface area contributed by atoms with Gasteiger partial charge in [-0.1, -0.05) is 28.1 Å². The van der Waals surface area contributed by atoms with Gasteiger partial charge in [0.05, 0.1) is 6.61 Å². The minimum absolute atomic E-state index is 0.410. The molecule has 12 heavy (non-hydrogen) atoms. The normalized spacial score (nSPS) is 12.6. The van der Waals surface area contributed by atoms with Crippen LogP contribution >= 0.6 is 15.9 Å². The molecule has 0 spiro atoms. The lowest BCUT2D eigenvalue weighted by Crippen LogP contribution is -1.91. The molecule has 0 aliphatic carbocycles. The fraction of sp³-hybridized carbons (Fsp3) is 0.400. The summed E-state index contributed by atoms with van der Waals surface area (Å²) in [5, 5.41) is 0. The summed E-state index contributed by atoms with van der Waals surface area (Å²) in [5.41, 5.74) is 1.28. The van der Waals surface area contributed by atoms with Gasteiger partial charge in [0.2, 0.25) is 0 Å². The first-order valence-corrected chi connectivity index (χ1v) is 5.02. The lowest BCUT2D eigenvalue weighted by Gasteiger charge is -2.05. The molecule has 0 saturated carbocycles. The van der Waals surface area contributed by atoms with Crippen LogP contribution in [0.15, 0.2) is 24.3 Å². The monoisotopic (exact) mass is 228 g/mol. The molecule has 2 heteroatoms. The minimum Gasteiger partial charge on any atom is -0.494 e. The highest BCUT2D eigenvalue weighted by atomic mass is 79.9. The second kappa shape index (κ2) is 4.51. The SMILES string of the molecule is CCOc1ccc([C@H](C)Br)cc1. The zero-order valence-electron chi connectivity index (χ0n) is 7.38. The summed E-state index contributed by atoms with van der Waals surface area (Å²) >= 11 is 3.51. The third-order valence-electron chi connectivity index (χ3n) is 1.65. The third kappa shape index (κ3) is 2.52. The van der Waals surface area contributed by atoms with E-state index in [1.807, 2.05) is 19.1 Å². The van der Waals surface area contributed by atoms with Gasteiger partial charge in [-0.15, -0.1) is 0 Å². The molecule has 0 aliphatic rings. The van der Waals surface area contributed by atoms with E-state index in [0.29, 0.717) is 4.83 Å². The average molecular weight is 229 g/mol. The van der Waals surface area contributed by atoms with E-state index in [1.165, 1.54) is 5.56 Å². The minimum atomic E-state index is 0.410. The number of hydrogen-bond acceptors (Lipinski definition) is 1. The average Bonchev–Trinajstić information content (AvgIpc) is 2.06. The van der Waals surface area contributed by atoms with Gasteiger partial charge in [0.15, 0.2) is 0 Å². The molecule has 1 nitrogen and oxygen atoms in total. The molecule has 0 aromatic heterocycles. The summed E-state index contributed by atoms with van der Waals surface area (Å²) in [5.74, 6) is 0.939. The Labute approximate surface area is 81.9 Å². The number of benzene rings is 1. The van der Waals surface area contributed by atoms with E-state index in [9.17, 15) is 0 Å². The maximum atomic E-state index is 5.33. The first kappa shape index (κ1) is 9.59. The van der Waals surface area contributed by atoms with Crippen LogP contribution in [0.25, 0.3) is 0 Å². The van der Waals surface area contributed by atoms with Crippen molar-refractivity contribution in [1.82, 2.24) is 0 Å². The highest BCUT2D eigenvalue weighted by Crippen LogP contribution is 2.23. The molecule has 0 N–H and O–H groups in total. The van der Waals surface area contributed by atoms with Gasteiger partial charge in [-0.2, -0.15) is 0 Å². The molecule has 1 aromatic carbocycles. The lowest BCUT2D eigenvalue weighted by molar-refractivity contribution is 0.340. The number of ether oxygens (including phenoxy) is 1. The molecule has 0 radical (unpaired) electrons. The Bertz CT molecular complexity index is 228. The predicted molar refractivity (Wildman–Crippen MR) is 55.0 cm³/mol. The van der Waals surface area contributed by atoms with Gasteiger partial charge in [0.25, 0.3) is 0 Å². The first-order chi connectivity index (χ1) is 5.74. The van der Waals surface area contributed by atoms with Crippen molar-refractivity contribution in [3.8, 4) is 5.75 Å². The Morgan fingerprint density at radius 3 is 2.33 bits per heavy atom. The van der Waals surface area contributed by atoms with Crippen molar-refractivity contribution in [3.63, 3.8) is 0 Å². The topological polar surface area (TPSA) is 9.23 Å². The Balaban J connectivity index is 2.71. The Hall–Kier alpha value is -0.500.